The van der Waals surface area contributed by atoms with E-state index in [1.165, 1.54) is 12.6 Å². The summed E-state index contributed by atoms with van der Waals surface area (Å²) in [5.41, 5.74) is 0. The molecule has 0 aromatic carbocycles. The quantitative estimate of drug-likeness (QED) is 0.470. The maximum Gasteiger partial charge on any atom is 0.108 e. The highest BCUT2D eigenvalue weighted by atomic mass is 127. The van der Waals surface area contributed by atoms with Gasteiger partial charge < -0.3 is 0 Å². The highest BCUT2D eigenvalue weighted by molar-refractivity contribution is 14.0. The van der Waals surface area contributed by atoms with Gasteiger partial charge in [0.2, 0.25) is 0 Å². The van der Waals surface area contributed by atoms with E-state index < -0.39 is 0 Å². The van der Waals surface area contributed by atoms with Gasteiger partial charge in [-0.25, -0.2) is 0 Å². The van der Waals surface area contributed by atoms with Crippen LogP contribution in [0.1, 0.15) is 13.8 Å². The van der Waals surface area contributed by atoms with Gasteiger partial charge in [0.25, 0.3) is 0 Å². The summed E-state index contributed by atoms with van der Waals surface area (Å²) in [5.74, 6) is 0. The van der Waals surface area contributed by atoms with Gasteiger partial charge in [-0.1, -0.05) is 26.5 Å². The third kappa shape index (κ3) is 8.84. The van der Waals surface area contributed by atoms with Crippen LogP contribution in [0.4, 0.5) is 0 Å². The van der Waals surface area contributed by atoms with Crippen LogP contribution in [-0.2, 0) is 0 Å². The normalized spacial score (nSPS) is 6.33. The molecule has 0 aromatic heterocycles. The fourth-order valence-electron chi connectivity index (χ4n) is 0.289. The predicted octanol–water partition coefficient (Wildman–Crippen LogP) is 2.19. The first-order valence-corrected chi connectivity index (χ1v) is 2.23. The second-order valence-electron chi connectivity index (χ2n) is 1.11. The molecule has 0 amide bonds. The lowest BCUT2D eigenvalue weighted by molar-refractivity contribution is 1.36. The molecule has 0 atom stereocenters. The van der Waals surface area contributed by atoms with E-state index in [9.17, 15) is 0 Å². The van der Waals surface area contributed by atoms with Crippen molar-refractivity contribution in [2.45, 2.75) is 26.5 Å². The van der Waals surface area contributed by atoms with E-state index >= 15 is 0 Å². The van der Waals surface area contributed by atoms with E-state index in [2.05, 4.69) is 21.1 Å². The first kappa shape index (κ1) is 9.92. The Balaban J connectivity index is 0. The van der Waals surface area contributed by atoms with Crippen molar-refractivity contribution >= 4 is 31.3 Å². The van der Waals surface area contributed by atoms with Gasteiger partial charge in [-0.05, 0) is 0 Å². The maximum absolute atomic E-state index is 2.25. The Morgan fingerprint density at radius 1 is 1.17 bits per heavy atom. The Morgan fingerprint density at radius 2 is 1.50 bits per heavy atom. The molecule has 0 aliphatic heterocycles. The average molecular weight is 197 g/mol. The molecule has 0 aliphatic carbocycles. The Morgan fingerprint density at radius 3 is 1.50 bits per heavy atom. The zero-order valence-electron chi connectivity index (χ0n) is 4.40. The van der Waals surface area contributed by atoms with Gasteiger partial charge in [0.1, 0.15) is 7.28 Å². The summed E-state index contributed by atoms with van der Waals surface area (Å²) >= 11 is 0. The third-order valence-electron chi connectivity index (χ3n) is 0.577. The summed E-state index contributed by atoms with van der Waals surface area (Å²) in [6.07, 6.45) is 2.44. The van der Waals surface area contributed by atoms with E-state index in [1.807, 2.05) is 0 Å². The molecule has 0 nitrogen and oxygen atoms in total. The Hall–Kier alpha value is 0.795. The summed E-state index contributed by atoms with van der Waals surface area (Å²) < 4.78 is 0. The van der Waals surface area contributed by atoms with Crippen LogP contribution >= 0.6 is 24.0 Å². The molecule has 0 spiro atoms. The van der Waals surface area contributed by atoms with Crippen molar-refractivity contribution in [3.8, 4) is 0 Å². The van der Waals surface area contributed by atoms with Crippen molar-refractivity contribution in [1.29, 1.82) is 0 Å². The lowest BCUT2D eigenvalue weighted by Crippen LogP contribution is -1.76. The minimum Gasteiger partial charge on any atom is -0.107 e. The SMILES string of the molecule is CC[B]CC.I. The predicted molar refractivity (Wildman–Crippen MR) is 42.1 cm³/mol. The van der Waals surface area contributed by atoms with Crippen molar-refractivity contribution in [2.75, 3.05) is 0 Å². The maximum atomic E-state index is 2.25. The molecule has 0 N–H and O–H groups in total. The molecule has 0 rings (SSSR count). The molecule has 0 bridgehead atoms. The van der Waals surface area contributed by atoms with Crippen LogP contribution in [-0.4, -0.2) is 7.28 Å². The Bertz CT molecular complexity index is 15.0. The van der Waals surface area contributed by atoms with Crippen molar-refractivity contribution < 1.29 is 0 Å². The van der Waals surface area contributed by atoms with Crippen LogP contribution in [0, 0.1) is 0 Å². The van der Waals surface area contributed by atoms with Crippen molar-refractivity contribution in [3.05, 3.63) is 0 Å². The van der Waals surface area contributed by atoms with E-state index in [0.29, 0.717) is 0 Å². The van der Waals surface area contributed by atoms with Crippen LogP contribution in [0.3, 0.4) is 0 Å². The van der Waals surface area contributed by atoms with Crippen molar-refractivity contribution in [2.24, 2.45) is 0 Å². The van der Waals surface area contributed by atoms with Crippen molar-refractivity contribution in [3.63, 3.8) is 0 Å². The second kappa shape index (κ2) is 9.25. The molecule has 0 fully saturated rings. The molecule has 0 aromatic rings. The summed E-state index contributed by atoms with van der Waals surface area (Å²) in [7, 11) is 2.25. The molecular formula is C4H11BI. The molecule has 6 heavy (non-hydrogen) atoms. The van der Waals surface area contributed by atoms with Gasteiger partial charge in [-0.2, -0.15) is 0 Å². The fraction of sp³-hybridized carbons (Fsp3) is 1.00. The zero-order chi connectivity index (χ0) is 4.12. The fourth-order valence-corrected chi connectivity index (χ4v) is 0.289. The molecule has 2 heteroatoms. The summed E-state index contributed by atoms with van der Waals surface area (Å²) in [5, 5.41) is 0. The standard InChI is InChI=1S/C4H10B.HI/c1-3-5-4-2;/h3-4H2,1-2H3;1H. The van der Waals surface area contributed by atoms with Crippen LogP contribution in [0.15, 0.2) is 0 Å². The first-order valence-electron chi connectivity index (χ1n) is 2.23. The Kier molecular flexibility index (Phi) is 15.3. The molecule has 37 valence electrons. The monoisotopic (exact) mass is 197 g/mol. The van der Waals surface area contributed by atoms with Crippen molar-refractivity contribution in [1.82, 2.24) is 0 Å². The molecule has 0 unspecified atom stereocenters. The van der Waals surface area contributed by atoms with Crippen LogP contribution in [0.5, 0.6) is 0 Å². The lowest BCUT2D eigenvalue weighted by atomic mass is 9.73. The van der Waals surface area contributed by atoms with E-state index in [4.69, 9.17) is 0 Å². The molecule has 0 heterocycles. The Labute approximate surface area is 58.0 Å². The zero-order valence-corrected chi connectivity index (χ0v) is 6.73. The van der Waals surface area contributed by atoms with E-state index in [-0.39, 0.29) is 24.0 Å². The van der Waals surface area contributed by atoms with Gasteiger partial charge in [0.15, 0.2) is 0 Å². The lowest BCUT2D eigenvalue weighted by Gasteiger charge is -1.75. The average Bonchev–Trinajstić information content (AvgIpc) is 1.41. The molecule has 1 radical (unpaired) electrons. The minimum absolute atomic E-state index is 0. The summed E-state index contributed by atoms with van der Waals surface area (Å²) in [6, 6.07) is 0. The highest BCUT2D eigenvalue weighted by Gasteiger charge is 1.72. The van der Waals surface area contributed by atoms with E-state index in [0.717, 1.165) is 0 Å². The van der Waals surface area contributed by atoms with Gasteiger partial charge in [0.05, 0.1) is 0 Å². The molecule has 0 aliphatic rings. The van der Waals surface area contributed by atoms with Gasteiger partial charge in [-0.15, -0.1) is 24.0 Å². The highest BCUT2D eigenvalue weighted by Crippen LogP contribution is 1.77. The second-order valence-corrected chi connectivity index (χ2v) is 1.11. The molecule has 0 saturated heterocycles. The third-order valence-corrected chi connectivity index (χ3v) is 0.577. The minimum atomic E-state index is 0. The van der Waals surface area contributed by atoms with Gasteiger partial charge >= 0.3 is 0 Å². The number of halogens is 1. The molecular weight excluding hydrogens is 186 g/mol. The van der Waals surface area contributed by atoms with Crippen LogP contribution in [0.25, 0.3) is 0 Å². The largest absolute Gasteiger partial charge is 0.108 e. The summed E-state index contributed by atoms with van der Waals surface area (Å²) in [4.78, 5) is 0. The smallest absolute Gasteiger partial charge is 0.107 e. The first-order chi connectivity index (χ1) is 2.41. The molecule has 0 saturated carbocycles. The van der Waals surface area contributed by atoms with Crippen LogP contribution in [0.2, 0.25) is 12.6 Å². The van der Waals surface area contributed by atoms with Crippen LogP contribution < -0.4 is 0 Å². The van der Waals surface area contributed by atoms with E-state index in [1.54, 1.807) is 0 Å². The number of hydrogen-bond acceptors (Lipinski definition) is 0. The number of hydrogen-bond donors (Lipinski definition) is 0. The van der Waals surface area contributed by atoms with Gasteiger partial charge in [-0.3, -0.25) is 0 Å². The van der Waals surface area contributed by atoms with Gasteiger partial charge in [0, 0.05) is 0 Å². The number of rotatable bonds is 2. The summed E-state index contributed by atoms with van der Waals surface area (Å²) in [6.45, 7) is 4.31. The topological polar surface area (TPSA) is 0 Å².